The molecule has 1 aliphatic carbocycles. The molecule has 0 spiro atoms. The second kappa shape index (κ2) is 5.54. The van der Waals surface area contributed by atoms with E-state index in [0.29, 0.717) is 12.8 Å². The number of nitrogens with two attached hydrogens (primary N) is 2. The fraction of sp³-hybridized carbons (Fsp3) is 0.600. The third kappa shape index (κ3) is 2.38. The smallest absolute Gasteiger partial charge is 0.255 e. The highest BCUT2D eigenvalue weighted by atomic mass is 16.2. The van der Waals surface area contributed by atoms with Gasteiger partial charge in [0.2, 0.25) is 11.8 Å². The molecule has 1 saturated heterocycles. The number of hydrogen-bond acceptors (Lipinski definition) is 6. The molecule has 3 aliphatic rings. The van der Waals surface area contributed by atoms with Crippen molar-refractivity contribution in [3.05, 3.63) is 12.2 Å². The van der Waals surface area contributed by atoms with Crippen molar-refractivity contribution in [3.63, 3.8) is 0 Å². The number of rotatable bonds is 3. The highest BCUT2D eigenvalue weighted by Crippen LogP contribution is 2.35. The predicted octanol–water partition coefficient (Wildman–Crippen LogP) is -1.01. The molecule has 0 aromatic rings. The van der Waals surface area contributed by atoms with Crippen molar-refractivity contribution in [1.29, 1.82) is 0 Å². The van der Waals surface area contributed by atoms with Crippen LogP contribution in [0.15, 0.2) is 12.2 Å². The molecule has 2 heterocycles. The first-order chi connectivity index (χ1) is 10.9. The van der Waals surface area contributed by atoms with E-state index in [2.05, 4.69) is 0 Å². The van der Waals surface area contributed by atoms with E-state index < -0.39 is 41.4 Å². The molecule has 3 rings (SSSR count). The highest BCUT2D eigenvalue weighted by molar-refractivity contribution is 6.14. The Morgan fingerprint density at radius 1 is 1.00 bits per heavy atom. The molecule has 4 amide bonds. The standard InChI is InChI=1S/C15H20N4O4/c16-9-3-1-2-8-15(9,17)14(18-10(20)4-5-11(18)21)19-12(22)6-7-13(19)23/h4-5,9,14H,1-3,6-8,16-17H2. The summed E-state index contributed by atoms with van der Waals surface area (Å²) in [6.07, 6.45) is 3.91. The summed E-state index contributed by atoms with van der Waals surface area (Å²) >= 11 is 0. The summed E-state index contributed by atoms with van der Waals surface area (Å²) in [5.74, 6) is -1.99. The average molecular weight is 320 g/mol. The van der Waals surface area contributed by atoms with Crippen LogP contribution in [0.1, 0.15) is 38.5 Å². The van der Waals surface area contributed by atoms with Crippen LogP contribution in [0.3, 0.4) is 0 Å². The summed E-state index contributed by atoms with van der Waals surface area (Å²) in [6, 6.07) is -0.511. The average Bonchev–Trinajstić information content (AvgIpc) is 3.00. The van der Waals surface area contributed by atoms with Gasteiger partial charge in [0.15, 0.2) is 0 Å². The van der Waals surface area contributed by atoms with Crippen LogP contribution in [0.5, 0.6) is 0 Å². The van der Waals surface area contributed by atoms with Gasteiger partial charge in [0.1, 0.15) is 6.17 Å². The maximum absolute atomic E-state index is 12.2. The Bertz CT molecular complexity index is 581. The van der Waals surface area contributed by atoms with Gasteiger partial charge in [-0.2, -0.15) is 0 Å². The van der Waals surface area contributed by atoms with Crippen LogP contribution >= 0.6 is 0 Å². The van der Waals surface area contributed by atoms with Gasteiger partial charge in [-0.05, 0) is 12.8 Å². The molecule has 2 fully saturated rings. The highest BCUT2D eigenvalue weighted by Gasteiger charge is 2.55. The maximum Gasteiger partial charge on any atom is 0.255 e. The second-order valence-electron chi connectivity index (χ2n) is 6.38. The molecule has 23 heavy (non-hydrogen) atoms. The Labute approximate surface area is 133 Å². The van der Waals surface area contributed by atoms with Crippen molar-refractivity contribution in [1.82, 2.24) is 9.80 Å². The lowest BCUT2D eigenvalue weighted by Gasteiger charge is -2.49. The van der Waals surface area contributed by atoms with E-state index in [1.165, 1.54) is 0 Å². The van der Waals surface area contributed by atoms with Crippen LogP contribution in [0.25, 0.3) is 0 Å². The zero-order valence-electron chi connectivity index (χ0n) is 12.7. The van der Waals surface area contributed by atoms with Gasteiger partial charge in [0, 0.05) is 31.0 Å². The Hall–Kier alpha value is -2.06. The van der Waals surface area contributed by atoms with Crippen molar-refractivity contribution in [2.75, 3.05) is 0 Å². The lowest BCUT2D eigenvalue weighted by Crippen LogP contribution is -2.74. The molecule has 3 unspecified atom stereocenters. The normalized spacial score (nSPS) is 33.0. The number of nitrogens with zero attached hydrogens (tertiary/aromatic N) is 2. The number of amides is 4. The third-order valence-electron chi connectivity index (χ3n) is 4.97. The summed E-state index contributed by atoms with van der Waals surface area (Å²) in [6.45, 7) is 0. The molecule has 0 aromatic carbocycles. The zero-order chi connectivity index (χ0) is 16.8. The molecule has 1 saturated carbocycles. The van der Waals surface area contributed by atoms with Gasteiger partial charge in [-0.15, -0.1) is 0 Å². The predicted molar refractivity (Wildman–Crippen MR) is 79.2 cm³/mol. The van der Waals surface area contributed by atoms with Crippen molar-refractivity contribution in [2.24, 2.45) is 11.5 Å². The minimum absolute atomic E-state index is 0.0598. The molecule has 4 N–H and O–H groups in total. The van der Waals surface area contributed by atoms with Gasteiger partial charge in [0.25, 0.3) is 11.8 Å². The summed E-state index contributed by atoms with van der Waals surface area (Å²) < 4.78 is 0. The molecule has 0 bridgehead atoms. The van der Waals surface area contributed by atoms with Crippen LogP contribution in [0.2, 0.25) is 0 Å². The molecular formula is C15H20N4O4. The van der Waals surface area contributed by atoms with Crippen molar-refractivity contribution in [2.45, 2.75) is 56.3 Å². The molecule has 124 valence electrons. The van der Waals surface area contributed by atoms with Crippen LogP contribution in [0.4, 0.5) is 0 Å². The van der Waals surface area contributed by atoms with Crippen LogP contribution in [-0.2, 0) is 19.2 Å². The Balaban J connectivity index is 2.06. The Kier molecular flexibility index (Phi) is 3.81. The van der Waals surface area contributed by atoms with Gasteiger partial charge in [0.05, 0.1) is 5.54 Å². The molecule has 2 aliphatic heterocycles. The van der Waals surface area contributed by atoms with Gasteiger partial charge in [-0.3, -0.25) is 29.0 Å². The fourth-order valence-electron chi connectivity index (χ4n) is 3.69. The minimum atomic E-state index is -1.19. The second-order valence-corrected chi connectivity index (χ2v) is 6.38. The zero-order valence-corrected chi connectivity index (χ0v) is 12.7. The summed E-state index contributed by atoms with van der Waals surface area (Å²) in [4.78, 5) is 50.7. The van der Waals surface area contributed by atoms with Crippen LogP contribution in [-0.4, -0.2) is 51.2 Å². The molecule has 0 aromatic heterocycles. The van der Waals surface area contributed by atoms with Gasteiger partial charge >= 0.3 is 0 Å². The maximum atomic E-state index is 12.2. The lowest BCUT2D eigenvalue weighted by atomic mass is 9.75. The van der Waals surface area contributed by atoms with E-state index in [9.17, 15) is 19.2 Å². The fourth-order valence-corrected chi connectivity index (χ4v) is 3.69. The van der Waals surface area contributed by atoms with E-state index in [0.717, 1.165) is 34.8 Å². The first kappa shape index (κ1) is 15.8. The first-order valence-electron chi connectivity index (χ1n) is 7.81. The topological polar surface area (TPSA) is 127 Å². The Morgan fingerprint density at radius 2 is 1.57 bits per heavy atom. The molecule has 8 nitrogen and oxygen atoms in total. The van der Waals surface area contributed by atoms with E-state index in [1.54, 1.807) is 0 Å². The quantitative estimate of drug-likeness (QED) is 0.641. The summed E-state index contributed by atoms with van der Waals surface area (Å²) in [7, 11) is 0. The first-order valence-corrected chi connectivity index (χ1v) is 7.81. The minimum Gasteiger partial charge on any atom is -0.326 e. The lowest BCUT2D eigenvalue weighted by molar-refractivity contribution is -0.158. The van der Waals surface area contributed by atoms with Gasteiger partial charge in [-0.1, -0.05) is 12.8 Å². The number of imide groups is 2. The summed E-state index contributed by atoms with van der Waals surface area (Å²) in [5.41, 5.74) is 11.5. The Morgan fingerprint density at radius 3 is 2.09 bits per heavy atom. The van der Waals surface area contributed by atoms with Gasteiger partial charge in [-0.25, -0.2) is 0 Å². The monoisotopic (exact) mass is 320 g/mol. The van der Waals surface area contributed by atoms with Crippen LogP contribution in [0, 0.1) is 0 Å². The van der Waals surface area contributed by atoms with Crippen molar-refractivity contribution >= 4 is 23.6 Å². The van der Waals surface area contributed by atoms with E-state index in [4.69, 9.17) is 11.5 Å². The number of likely N-dealkylation sites (tertiary alicyclic amines) is 1. The molecule has 3 atom stereocenters. The number of carbonyl (C=O) groups excluding carboxylic acids is 4. The van der Waals surface area contributed by atoms with E-state index in [-0.39, 0.29) is 12.8 Å². The molecule has 0 radical (unpaired) electrons. The van der Waals surface area contributed by atoms with Crippen LogP contribution < -0.4 is 11.5 Å². The van der Waals surface area contributed by atoms with Crippen molar-refractivity contribution < 1.29 is 19.2 Å². The summed E-state index contributed by atoms with van der Waals surface area (Å²) in [5, 5.41) is 0. The largest absolute Gasteiger partial charge is 0.326 e. The SMILES string of the molecule is NC1CCCCC1(N)C(N1C(=O)C=CC1=O)N1C(=O)CCC1=O. The number of carbonyl (C=O) groups is 4. The van der Waals surface area contributed by atoms with Crippen molar-refractivity contribution in [3.8, 4) is 0 Å². The molecular weight excluding hydrogens is 300 g/mol. The van der Waals surface area contributed by atoms with Gasteiger partial charge < -0.3 is 11.5 Å². The number of hydrogen-bond donors (Lipinski definition) is 2. The third-order valence-corrected chi connectivity index (χ3v) is 4.97. The van der Waals surface area contributed by atoms with E-state index >= 15 is 0 Å². The molecule has 8 heteroatoms. The van der Waals surface area contributed by atoms with E-state index in [1.807, 2.05) is 0 Å².